The van der Waals surface area contributed by atoms with Gasteiger partial charge < -0.3 is 5.73 Å². The molecule has 1 nitrogen and oxygen atoms in total. The number of rotatable bonds is 1. The molecule has 0 aliphatic heterocycles. The topological polar surface area (TPSA) is 26.0 Å². The summed E-state index contributed by atoms with van der Waals surface area (Å²) in [5.74, 6) is 5.79. The first-order valence-electron chi connectivity index (χ1n) is 4.46. The van der Waals surface area contributed by atoms with Crippen molar-refractivity contribution in [3.8, 4) is 11.8 Å². The summed E-state index contributed by atoms with van der Waals surface area (Å²) in [5, 5.41) is 0. The zero-order valence-corrected chi connectivity index (χ0v) is 8.99. The Morgan fingerprint density at radius 3 is 2.50 bits per heavy atom. The molecule has 0 aliphatic carbocycles. The average molecular weight is 248 g/mol. The van der Waals surface area contributed by atoms with Gasteiger partial charge in [-0.25, -0.2) is 0 Å². The fourth-order valence-corrected chi connectivity index (χ4v) is 1.20. The van der Waals surface area contributed by atoms with Gasteiger partial charge in [-0.15, -0.1) is 11.6 Å². The highest BCUT2D eigenvalue weighted by molar-refractivity contribution is 6.18. The van der Waals surface area contributed by atoms with Crippen LogP contribution in [0.2, 0.25) is 0 Å². The lowest BCUT2D eigenvalue weighted by atomic mass is 10.1. The van der Waals surface area contributed by atoms with Crippen molar-refractivity contribution in [3.63, 3.8) is 0 Å². The molecule has 0 saturated carbocycles. The Bertz CT molecular complexity index is 429. The average Bonchev–Trinajstić information content (AvgIpc) is 2.16. The Labute approximate surface area is 96.4 Å². The van der Waals surface area contributed by atoms with Crippen molar-refractivity contribution in [1.29, 1.82) is 0 Å². The maximum absolute atomic E-state index is 12.4. The van der Waals surface area contributed by atoms with E-state index in [0.29, 0.717) is 17.9 Å². The zero-order chi connectivity index (χ0) is 12.2. The summed E-state index contributed by atoms with van der Waals surface area (Å²) < 4.78 is 37.1. The van der Waals surface area contributed by atoms with E-state index >= 15 is 0 Å². The van der Waals surface area contributed by atoms with Gasteiger partial charge >= 0.3 is 6.18 Å². The van der Waals surface area contributed by atoms with Crippen LogP contribution in [-0.2, 0) is 6.18 Å². The van der Waals surface area contributed by atoms with Gasteiger partial charge in [-0.1, -0.05) is 11.8 Å². The fourth-order valence-electron chi connectivity index (χ4n) is 1.11. The number of halogens is 4. The minimum Gasteiger partial charge on any atom is -0.398 e. The molecule has 16 heavy (non-hydrogen) atoms. The third-order valence-electron chi connectivity index (χ3n) is 1.81. The molecule has 0 aliphatic rings. The van der Waals surface area contributed by atoms with E-state index in [-0.39, 0.29) is 5.69 Å². The van der Waals surface area contributed by atoms with E-state index in [2.05, 4.69) is 11.8 Å². The maximum atomic E-state index is 12.4. The molecule has 0 spiro atoms. The number of nitrogens with two attached hydrogens (primary N) is 1. The molecular weight excluding hydrogens is 239 g/mol. The molecule has 1 aromatic carbocycles. The number of anilines is 1. The second-order valence-corrected chi connectivity index (χ2v) is 3.42. The van der Waals surface area contributed by atoms with Gasteiger partial charge in [0.15, 0.2) is 0 Å². The van der Waals surface area contributed by atoms with Gasteiger partial charge in [-0.2, -0.15) is 13.2 Å². The standard InChI is InChI=1S/C11H9ClF3N/c12-6-2-1-3-8-4-5-9(10(16)7-8)11(13,14)15/h4-5,7H,2,6,16H2. The highest BCUT2D eigenvalue weighted by Gasteiger charge is 2.32. The van der Waals surface area contributed by atoms with Crippen molar-refractivity contribution in [2.75, 3.05) is 11.6 Å². The number of hydrogen-bond donors (Lipinski definition) is 1. The van der Waals surface area contributed by atoms with E-state index in [0.717, 1.165) is 6.07 Å². The van der Waals surface area contributed by atoms with Gasteiger partial charge in [0, 0.05) is 23.6 Å². The monoisotopic (exact) mass is 247 g/mol. The summed E-state index contributed by atoms with van der Waals surface area (Å²) in [4.78, 5) is 0. The summed E-state index contributed by atoms with van der Waals surface area (Å²) in [6, 6.07) is 3.44. The quantitative estimate of drug-likeness (QED) is 0.460. The number of hydrogen-bond acceptors (Lipinski definition) is 1. The molecule has 0 unspecified atom stereocenters. The fraction of sp³-hybridized carbons (Fsp3) is 0.273. The van der Waals surface area contributed by atoms with Crippen LogP contribution in [0.25, 0.3) is 0 Å². The summed E-state index contributed by atoms with van der Waals surface area (Å²) in [6.07, 6.45) is -3.94. The Morgan fingerprint density at radius 1 is 1.31 bits per heavy atom. The van der Waals surface area contributed by atoms with Crippen molar-refractivity contribution >= 4 is 17.3 Å². The first-order valence-corrected chi connectivity index (χ1v) is 5.00. The molecule has 2 N–H and O–H groups in total. The predicted molar refractivity (Wildman–Crippen MR) is 58.1 cm³/mol. The number of alkyl halides is 4. The van der Waals surface area contributed by atoms with E-state index in [1.807, 2.05) is 0 Å². The molecule has 0 bridgehead atoms. The molecule has 0 atom stereocenters. The minimum atomic E-state index is -4.42. The van der Waals surface area contributed by atoms with E-state index < -0.39 is 11.7 Å². The molecule has 0 heterocycles. The van der Waals surface area contributed by atoms with Gasteiger partial charge in [0.1, 0.15) is 0 Å². The molecule has 0 fully saturated rings. The molecule has 1 rings (SSSR count). The normalized spacial score (nSPS) is 10.8. The lowest BCUT2D eigenvalue weighted by Crippen LogP contribution is -2.08. The van der Waals surface area contributed by atoms with Crippen LogP contribution in [0.5, 0.6) is 0 Å². The second kappa shape index (κ2) is 5.13. The largest absolute Gasteiger partial charge is 0.418 e. The van der Waals surface area contributed by atoms with Crippen LogP contribution < -0.4 is 5.73 Å². The van der Waals surface area contributed by atoms with Crippen molar-refractivity contribution in [2.24, 2.45) is 0 Å². The summed E-state index contributed by atoms with van der Waals surface area (Å²) in [5.41, 5.74) is 4.60. The van der Waals surface area contributed by atoms with E-state index in [1.165, 1.54) is 12.1 Å². The van der Waals surface area contributed by atoms with Gasteiger partial charge in [0.05, 0.1) is 5.56 Å². The lowest BCUT2D eigenvalue weighted by molar-refractivity contribution is -0.136. The first kappa shape index (κ1) is 12.7. The molecule has 0 radical (unpaired) electrons. The highest BCUT2D eigenvalue weighted by Crippen LogP contribution is 2.33. The van der Waals surface area contributed by atoms with Crippen molar-refractivity contribution < 1.29 is 13.2 Å². The molecular formula is C11H9ClF3N. The molecule has 0 saturated heterocycles. The summed E-state index contributed by atoms with van der Waals surface area (Å²) in [6.45, 7) is 0. The third kappa shape index (κ3) is 3.35. The van der Waals surface area contributed by atoms with E-state index in [9.17, 15) is 13.2 Å². The SMILES string of the molecule is Nc1cc(C#CCCCl)ccc1C(F)(F)F. The summed E-state index contributed by atoms with van der Waals surface area (Å²) >= 11 is 5.41. The molecule has 1 aromatic rings. The van der Waals surface area contributed by atoms with Crippen LogP contribution in [0.1, 0.15) is 17.5 Å². The van der Waals surface area contributed by atoms with Gasteiger partial charge in [-0.05, 0) is 18.2 Å². The van der Waals surface area contributed by atoms with E-state index in [1.54, 1.807) is 0 Å². The van der Waals surface area contributed by atoms with Gasteiger partial charge in [0.2, 0.25) is 0 Å². The van der Waals surface area contributed by atoms with Crippen LogP contribution >= 0.6 is 11.6 Å². The molecule has 0 amide bonds. The van der Waals surface area contributed by atoms with Crippen LogP contribution in [0.3, 0.4) is 0 Å². The lowest BCUT2D eigenvalue weighted by Gasteiger charge is -2.09. The van der Waals surface area contributed by atoms with Gasteiger partial charge in [-0.3, -0.25) is 0 Å². The maximum Gasteiger partial charge on any atom is 0.418 e. The highest BCUT2D eigenvalue weighted by atomic mass is 35.5. The second-order valence-electron chi connectivity index (χ2n) is 3.04. The minimum absolute atomic E-state index is 0.315. The molecule has 0 aromatic heterocycles. The molecule has 86 valence electrons. The Kier molecular flexibility index (Phi) is 4.08. The van der Waals surface area contributed by atoms with Crippen molar-refractivity contribution in [1.82, 2.24) is 0 Å². The molecule has 5 heteroatoms. The Morgan fingerprint density at radius 2 is 2.00 bits per heavy atom. The predicted octanol–water partition coefficient (Wildman–Crippen LogP) is 3.27. The Balaban J connectivity index is 2.97. The number of benzene rings is 1. The number of nitrogen functional groups attached to an aromatic ring is 1. The smallest absolute Gasteiger partial charge is 0.398 e. The first-order chi connectivity index (χ1) is 7.45. The van der Waals surface area contributed by atoms with Crippen molar-refractivity contribution in [2.45, 2.75) is 12.6 Å². The van der Waals surface area contributed by atoms with Crippen LogP contribution in [0.15, 0.2) is 18.2 Å². The van der Waals surface area contributed by atoms with E-state index in [4.69, 9.17) is 17.3 Å². The van der Waals surface area contributed by atoms with Crippen molar-refractivity contribution in [3.05, 3.63) is 29.3 Å². The van der Waals surface area contributed by atoms with Crippen LogP contribution in [-0.4, -0.2) is 5.88 Å². The van der Waals surface area contributed by atoms with Crippen LogP contribution in [0.4, 0.5) is 18.9 Å². The zero-order valence-electron chi connectivity index (χ0n) is 8.24. The van der Waals surface area contributed by atoms with Crippen LogP contribution in [0, 0.1) is 11.8 Å². The third-order valence-corrected chi connectivity index (χ3v) is 2.00. The van der Waals surface area contributed by atoms with Gasteiger partial charge in [0.25, 0.3) is 0 Å². The Hall–Kier alpha value is -1.34. The summed E-state index contributed by atoms with van der Waals surface area (Å²) in [7, 11) is 0.